The van der Waals surface area contributed by atoms with Gasteiger partial charge < -0.3 is 10.1 Å². The van der Waals surface area contributed by atoms with Crippen molar-refractivity contribution in [3.05, 3.63) is 77.9 Å². The minimum absolute atomic E-state index is 0.172. The zero-order chi connectivity index (χ0) is 18.4. The Labute approximate surface area is 157 Å². The molecule has 1 N–H and O–H groups in total. The zero-order valence-electron chi connectivity index (χ0n) is 16.0. The van der Waals surface area contributed by atoms with E-state index in [1.54, 1.807) is 0 Å². The van der Waals surface area contributed by atoms with Crippen molar-refractivity contribution in [1.82, 2.24) is 5.32 Å². The van der Waals surface area contributed by atoms with Gasteiger partial charge in [0.1, 0.15) is 5.75 Å². The van der Waals surface area contributed by atoms with Crippen LogP contribution in [0.25, 0.3) is 10.8 Å². The van der Waals surface area contributed by atoms with Crippen molar-refractivity contribution in [2.75, 3.05) is 0 Å². The molecule has 3 aromatic carbocycles. The predicted molar refractivity (Wildman–Crippen MR) is 111 cm³/mol. The quantitative estimate of drug-likeness (QED) is 0.561. The molecule has 0 heterocycles. The Morgan fingerprint density at radius 1 is 0.846 bits per heavy atom. The SMILES string of the molecule is CC(C)Oc1ccc2ccccc2c1CN[C@H](C)CCc1ccccc1. The summed E-state index contributed by atoms with van der Waals surface area (Å²) in [5.41, 5.74) is 2.65. The maximum atomic E-state index is 6.08. The van der Waals surface area contributed by atoms with Gasteiger partial charge in [0.05, 0.1) is 6.10 Å². The third-order valence-electron chi connectivity index (χ3n) is 4.70. The highest BCUT2D eigenvalue weighted by Crippen LogP contribution is 2.29. The molecule has 2 heteroatoms. The van der Waals surface area contributed by atoms with E-state index < -0.39 is 0 Å². The molecule has 0 aliphatic heterocycles. The molecule has 26 heavy (non-hydrogen) atoms. The van der Waals surface area contributed by atoms with Crippen LogP contribution < -0.4 is 10.1 Å². The summed E-state index contributed by atoms with van der Waals surface area (Å²) in [6, 6.07) is 23.9. The monoisotopic (exact) mass is 347 g/mol. The summed E-state index contributed by atoms with van der Waals surface area (Å²) in [7, 11) is 0. The van der Waals surface area contributed by atoms with Crippen LogP contribution in [0.4, 0.5) is 0 Å². The third kappa shape index (κ3) is 4.86. The standard InChI is InChI=1S/C24H29NO/c1-18(2)26-24-16-15-21-11-7-8-12-22(21)23(24)17-25-19(3)13-14-20-9-5-4-6-10-20/h4-12,15-16,18-19,25H,13-14,17H2,1-3H3/t19-/m1/s1. The van der Waals surface area contributed by atoms with Crippen LogP contribution in [0.2, 0.25) is 0 Å². The van der Waals surface area contributed by atoms with Gasteiger partial charge in [-0.25, -0.2) is 0 Å². The minimum atomic E-state index is 0.172. The smallest absolute Gasteiger partial charge is 0.124 e. The first-order valence-corrected chi connectivity index (χ1v) is 9.58. The van der Waals surface area contributed by atoms with Crippen LogP contribution in [0.3, 0.4) is 0 Å². The molecule has 0 aromatic heterocycles. The van der Waals surface area contributed by atoms with E-state index in [0.717, 1.165) is 25.1 Å². The van der Waals surface area contributed by atoms with Crippen molar-refractivity contribution in [2.45, 2.75) is 52.3 Å². The van der Waals surface area contributed by atoms with Crippen molar-refractivity contribution in [1.29, 1.82) is 0 Å². The fourth-order valence-corrected chi connectivity index (χ4v) is 3.27. The molecular formula is C24H29NO. The fourth-order valence-electron chi connectivity index (χ4n) is 3.27. The van der Waals surface area contributed by atoms with Gasteiger partial charge in [0.2, 0.25) is 0 Å². The summed E-state index contributed by atoms with van der Waals surface area (Å²) in [5, 5.41) is 6.23. The lowest BCUT2D eigenvalue weighted by Gasteiger charge is -2.19. The maximum Gasteiger partial charge on any atom is 0.124 e. The van der Waals surface area contributed by atoms with Crippen LogP contribution in [0.1, 0.15) is 38.3 Å². The van der Waals surface area contributed by atoms with E-state index in [4.69, 9.17) is 4.74 Å². The summed E-state index contributed by atoms with van der Waals surface area (Å²) in [5.74, 6) is 0.987. The average Bonchev–Trinajstić information content (AvgIpc) is 2.66. The second-order valence-electron chi connectivity index (χ2n) is 7.24. The van der Waals surface area contributed by atoms with E-state index in [0.29, 0.717) is 6.04 Å². The summed E-state index contributed by atoms with van der Waals surface area (Å²) in [4.78, 5) is 0. The van der Waals surface area contributed by atoms with Crippen LogP contribution in [0.5, 0.6) is 5.75 Å². The lowest BCUT2D eigenvalue weighted by atomic mass is 10.0. The third-order valence-corrected chi connectivity index (χ3v) is 4.70. The highest BCUT2D eigenvalue weighted by atomic mass is 16.5. The van der Waals surface area contributed by atoms with Gasteiger partial charge in [-0.05, 0) is 56.0 Å². The van der Waals surface area contributed by atoms with Gasteiger partial charge in [0.15, 0.2) is 0 Å². The molecule has 0 saturated heterocycles. The lowest BCUT2D eigenvalue weighted by molar-refractivity contribution is 0.239. The lowest BCUT2D eigenvalue weighted by Crippen LogP contribution is -2.26. The summed E-state index contributed by atoms with van der Waals surface area (Å²) >= 11 is 0. The molecule has 0 saturated carbocycles. The number of hydrogen-bond acceptors (Lipinski definition) is 2. The number of hydrogen-bond donors (Lipinski definition) is 1. The van der Waals surface area contributed by atoms with E-state index in [1.807, 2.05) is 0 Å². The normalized spacial score (nSPS) is 12.5. The van der Waals surface area contributed by atoms with E-state index in [2.05, 4.69) is 92.8 Å². The summed E-state index contributed by atoms with van der Waals surface area (Å²) in [6.45, 7) is 7.24. The Kier molecular flexibility index (Phi) is 6.30. The van der Waals surface area contributed by atoms with Crippen LogP contribution in [-0.4, -0.2) is 12.1 Å². The van der Waals surface area contributed by atoms with Crippen molar-refractivity contribution in [3.63, 3.8) is 0 Å². The minimum Gasteiger partial charge on any atom is -0.491 e. The van der Waals surface area contributed by atoms with Crippen molar-refractivity contribution in [2.24, 2.45) is 0 Å². The number of fused-ring (bicyclic) bond motifs is 1. The topological polar surface area (TPSA) is 21.3 Å². The molecule has 0 radical (unpaired) electrons. The van der Waals surface area contributed by atoms with Crippen LogP contribution >= 0.6 is 0 Å². The number of rotatable bonds is 8. The Morgan fingerprint density at radius 2 is 1.58 bits per heavy atom. The van der Waals surface area contributed by atoms with Crippen LogP contribution in [0, 0.1) is 0 Å². The molecule has 3 aromatic rings. The Hall–Kier alpha value is -2.32. The van der Waals surface area contributed by atoms with Gasteiger partial charge in [-0.2, -0.15) is 0 Å². The fraction of sp³-hybridized carbons (Fsp3) is 0.333. The molecule has 3 rings (SSSR count). The second-order valence-corrected chi connectivity index (χ2v) is 7.24. The van der Waals surface area contributed by atoms with Crippen LogP contribution in [0.15, 0.2) is 66.7 Å². The molecule has 0 bridgehead atoms. The zero-order valence-corrected chi connectivity index (χ0v) is 16.0. The molecule has 0 fully saturated rings. The molecule has 0 spiro atoms. The Morgan fingerprint density at radius 3 is 2.35 bits per heavy atom. The largest absolute Gasteiger partial charge is 0.491 e. The van der Waals surface area contributed by atoms with Crippen molar-refractivity contribution < 1.29 is 4.74 Å². The van der Waals surface area contributed by atoms with Crippen molar-refractivity contribution >= 4 is 10.8 Å². The highest BCUT2D eigenvalue weighted by Gasteiger charge is 2.11. The second kappa shape index (κ2) is 8.86. The van der Waals surface area contributed by atoms with Gasteiger partial charge in [-0.15, -0.1) is 0 Å². The number of aryl methyl sites for hydroxylation is 1. The van der Waals surface area contributed by atoms with E-state index in [1.165, 1.54) is 21.9 Å². The van der Waals surface area contributed by atoms with Gasteiger partial charge in [0, 0.05) is 18.2 Å². The first-order valence-electron chi connectivity index (χ1n) is 9.58. The molecular weight excluding hydrogens is 318 g/mol. The average molecular weight is 348 g/mol. The van der Waals surface area contributed by atoms with E-state index in [-0.39, 0.29) is 6.10 Å². The summed E-state index contributed by atoms with van der Waals surface area (Å²) < 4.78 is 6.08. The Balaban J connectivity index is 1.70. The summed E-state index contributed by atoms with van der Waals surface area (Å²) in [6.07, 6.45) is 2.39. The maximum absolute atomic E-state index is 6.08. The molecule has 0 aliphatic carbocycles. The van der Waals surface area contributed by atoms with Crippen molar-refractivity contribution in [3.8, 4) is 5.75 Å². The predicted octanol–water partition coefficient (Wildman–Crippen LogP) is 5.74. The van der Waals surface area contributed by atoms with E-state index >= 15 is 0 Å². The molecule has 2 nitrogen and oxygen atoms in total. The molecule has 0 amide bonds. The highest BCUT2D eigenvalue weighted by molar-refractivity contribution is 5.87. The van der Waals surface area contributed by atoms with Gasteiger partial charge in [-0.3, -0.25) is 0 Å². The number of benzene rings is 3. The first-order chi connectivity index (χ1) is 12.6. The molecule has 0 unspecified atom stereocenters. The molecule has 136 valence electrons. The number of ether oxygens (including phenoxy) is 1. The molecule has 1 atom stereocenters. The van der Waals surface area contributed by atoms with Gasteiger partial charge in [-0.1, -0.05) is 60.7 Å². The van der Waals surface area contributed by atoms with Crippen LogP contribution in [-0.2, 0) is 13.0 Å². The first kappa shape index (κ1) is 18.5. The van der Waals surface area contributed by atoms with Gasteiger partial charge in [0.25, 0.3) is 0 Å². The van der Waals surface area contributed by atoms with E-state index in [9.17, 15) is 0 Å². The molecule has 0 aliphatic rings. The van der Waals surface area contributed by atoms with Gasteiger partial charge >= 0.3 is 0 Å². The number of nitrogens with one attached hydrogen (secondary N) is 1. The Bertz CT molecular complexity index is 826.